The molecule has 4 N–H and O–H groups in total. The van der Waals surface area contributed by atoms with Crippen molar-refractivity contribution in [1.29, 1.82) is 0 Å². The highest BCUT2D eigenvalue weighted by molar-refractivity contribution is 5.58. The normalized spacial score (nSPS) is 12.1. The van der Waals surface area contributed by atoms with E-state index in [1.54, 1.807) is 0 Å². The van der Waals surface area contributed by atoms with Gasteiger partial charge >= 0.3 is 0 Å². The van der Waals surface area contributed by atoms with Gasteiger partial charge in [-0.3, -0.25) is 10.1 Å². The number of nitrogens with zero attached hydrogens (tertiary/aromatic N) is 1. The molecule has 0 heterocycles. The van der Waals surface area contributed by atoms with E-state index in [-0.39, 0.29) is 23.7 Å². The number of nitrogen functional groups attached to an aromatic ring is 1. The summed E-state index contributed by atoms with van der Waals surface area (Å²) in [4.78, 5) is 9.85. The summed E-state index contributed by atoms with van der Waals surface area (Å²) < 4.78 is 5.07. The van der Waals surface area contributed by atoms with Gasteiger partial charge in [0.05, 0.1) is 17.2 Å². The number of hydrogen-bond donors (Lipinski definition) is 3. The molecule has 1 rings (SSSR count). The number of benzene rings is 1. The number of rotatable bonds is 5. The molecule has 0 unspecified atom stereocenters. The van der Waals surface area contributed by atoms with Crippen LogP contribution in [0, 0.1) is 10.1 Å². The molecular weight excluding hydrogens is 216 g/mol. The first-order chi connectivity index (χ1) is 7.54. The van der Waals surface area contributed by atoms with E-state index in [4.69, 9.17) is 20.7 Å². The van der Waals surface area contributed by atoms with Crippen molar-refractivity contribution in [3.05, 3.63) is 28.3 Å². The summed E-state index contributed by atoms with van der Waals surface area (Å²) in [5.41, 5.74) is 5.49. The minimum absolute atomic E-state index is 0.110. The van der Waals surface area contributed by atoms with Crippen molar-refractivity contribution in [1.82, 2.24) is 0 Å². The van der Waals surface area contributed by atoms with Crippen LogP contribution in [0.4, 0.5) is 11.4 Å². The third-order valence-corrected chi connectivity index (χ3v) is 1.85. The molecule has 0 aliphatic carbocycles. The number of aliphatic hydroxyl groups excluding tert-OH is 2. The highest BCUT2D eigenvalue weighted by Gasteiger charge is 2.10. The van der Waals surface area contributed by atoms with Crippen LogP contribution in [0.5, 0.6) is 5.75 Å². The molecule has 0 radical (unpaired) electrons. The monoisotopic (exact) mass is 228 g/mol. The van der Waals surface area contributed by atoms with Crippen molar-refractivity contribution in [2.45, 2.75) is 6.10 Å². The van der Waals surface area contributed by atoms with Crippen LogP contribution in [0.15, 0.2) is 18.2 Å². The van der Waals surface area contributed by atoms with Gasteiger partial charge in [-0.05, 0) is 6.07 Å². The van der Waals surface area contributed by atoms with E-state index in [0.29, 0.717) is 0 Å². The summed E-state index contributed by atoms with van der Waals surface area (Å²) in [5, 5.41) is 28.0. The van der Waals surface area contributed by atoms with Gasteiger partial charge in [-0.2, -0.15) is 0 Å². The third-order valence-electron chi connectivity index (χ3n) is 1.85. The van der Waals surface area contributed by atoms with Crippen LogP contribution in [-0.2, 0) is 0 Å². The quantitative estimate of drug-likeness (QED) is 0.368. The van der Waals surface area contributed by atoms with Crippen LogP contribution in [-0.4, -0.2) is 34.5 Å². The molecule has 0 bridgehead atoms. The first kappa shape index (κ1) is 12.2. The second-order valence-electron chi connectivity index (χ2n) is 3.13. The van der Waals surface area contributed by atoms with Crippen LogP contribution in [0.3, 0.4) is 0 Å². The molecule has 0 saturated carbocycles. The molecule has 0 amide bonds. The average Bonchev–Trinajstić information content (AvgIpc) is 2.26. The standard InChI is InChI=1S/C9H12N2O5/c10-8-3-6(11(14)15)1-2-9(8)16-5-7(13)4-12/h1-3,7,12-13H,4-5,10H2/t7-/m1/s1. The Morgan fingerprint density at radius 2 is 2.25 bits per heavy atom. The van der Waals surface area contributed by atoms with Crippen LogP contribution in [0.2, 0.25) is 0 Å². The number of nitro groups is 1. The first-order valence-electron chi connectivity index (χ1n) is 4.50. The highest BCUT2D eigenvalue weighted by atomic mass is 16.6. The van der Waals surface area contributed by atoms with E-state index in [9.17, 15) is 10.1 Å². The van der Waals surface area contributed by atoms with E-state index in [1.165, 1.54) is 18.2 Å². The number of ether oxygens (including phenoxy) is 1. The molecule has 7 nitrogen and oxygen atoms in total. The number of nitrogens with two attached hydrogens (primary N) is 1. The van der Waals surface area contributed by atoms with Gasteiger partial charge in [0.2, 0.25) is 0 Å². The average molecular weight is 228 g/mol. The Labute approximate surface area is 91.2 Å². The second-order valence-corrected chi connectivity index (χ2v) is 3.13. The third kappa shape index (κ3) is 3.07. The fourth-order valence-corrected chi connectivity index (χ4v) is 1.02. The molecule has 1 aromatic carbocycles. The lowest BCUT2D eigenvalue weighted by Gasteiger charge is -2.11. The van der Waals surface area contributed by atoms with Gasteiger partial charge in [0.15, 0.2) is 0 Å². The van der Waals surface area contributed by atoms with E-state index in [2.05, 4.69) is 0 Å². The Hall–Kier alpha value is -1.86. The van der Waals surface area contributed by atoms with Gasteiger partial charge in [0, 0.05) is 12.1 Å². The van der Waals surface area contributed by atoms with Gasteiger partial charge < -0.3 is 20.7 Å². The van der Waals surface area contributed by atoms with Gasteiger partial charge in [0.1, 0.15) is 18.5 Å². The van der Waals surface area contributed by atoms with Crippen molar-refractivity contribution in [2.75, 3.05) is 18.9 Å². The van der Waals surface area contributed by atoms with Crippen molar-refractivity contribution >= 4 is 11.4 Å². The highest BCUT2D eigenvalue weighted by Crippen LogP contribution is 2.26. The number of anilines is 1. The van der Waals surface area contributed by atoms with Gasteiger partial charge in [-0.1, -0.05) is 0 Å². The number of aliphatic hydroxyl groups is 2. The fourth-order valence-electron chi connectivity index (χ4n) is 1.02. The van der Waals surface area contributed by atoms with Gasteiger partial charge in [0.25, 0.3) is 5.69 Å². The SMILES string of the molecule is Nc1cc([N+](=O)[O-])ccc1OC[C@H](O)CO. The lowest BCUT2D eigenvalue weighted by atomic mass is 10.2. The molecule has 0 aromatic heterocycles. The molecule has 16 heavy (non-hydrogen) atoms. The maximum absolute atomic E-state index is 10.4. The Bertz CT molecular complexity index is 382. The molecule has 1 atom stereocenters. The summed E-state index contributed by atoms with van der Waals surface area (Å²) in [7, 11) is 0. The number of non-ortho nitro benzene ring substituents is 1. The molecule has 0 aliphatic heterocycles. The maximum Gasteiger partial charge on any atom is 0.271 e. The zero-order chi connectivity index (χ0) is 12.1. The van der Waals surface area contributed by atoms with Gasteiger partial charge in [-0.25, -0.2) is 0 Å². The second kappa shape index (κ2) is 5.29. The Morgan fingerprint density at radius 1 is 1.56 bits per heavy atom. The van der Waals surface area contributed by atoms with Crippen molar-refractivity contribution < 1.29 is 19.9 Å². The number of nitro benzene ring substituents is 1. The predicted molar refractivity (Wildman–Crippen MR) is 56.1 cm³/mol. The molecule has 0 fully saturated rings. The van der Waals surface area contributed by atoms with Crippen molar-refractivity contribution in [3.8, 4) is 5.75 Å². The summed E-state index contributed by atoms with van der Waals surface area (Å²) in [6, 6.07) is 3.76. The number of hydrogen-bond acceptors (Lipinski definition) is 6. The minimum Gasteiger partial charge on any atom is -0.489 e. The predicted octanol–water partition coefficient (Wildman–Crippen LogP) is -0.0910. The van der Waals surface area contributed by atoms with E-state index >= 15 is 0 Å². The summed E-state index contributed by atoms with van der Waals surface area (Å²) in [6.07, 6.45) is -1.01. The van der Waals surface area contributed by atoms with E-state index in [1.807, 2.05) is 0 Å². The molecule has 0 spiro atoms. The topological polar surface area (TPSA) is 119 Å². The Balaban J connectivity index is 2.72. The molecule has 7 heteroatoms. The first-order valence-corrected chi connectivity index (χ1v) is 4.50. The maximum atomic E-state index is 10.4. The van der Waals surface area contributed by atoms with Crippen LogP contribution < -0.4 is 10.5 Å². The lowest BCUT2D eigenvalue weighted by Crippen LogP contribution is -2.21. The fraction of sp³-hybridized carbons (Fsp3) is 0.333. The summed E-state index contributed by atoms with van der Waals surface area (Å²) in [5.74, 6) is 0.234. The van der Waals surface area contributed by atoms with E-state index < -0.39 is 17.6 Å². The van der Waals surface area contributed by atoms with Crippen LogP contribution >= 0.6 is 0 Å². The summed E-state index contributed by atoms with van der Waals surface area (Å²) >= 11 is 0. The van der Waals surface area contributed by atoms with Crippen molar-refractivity contribution in [2.24, 2.45) is 0 Å². The minimum atomic E-state index is -1.01. The smallest absolute Gasteiger partial charge is 0.271 e. The van der Waals surface area contributed by atoms with Gasteiger partial charge in [-0.15, -0.1) is 0 Å². The van der Waals surface area contributed by atoms with E-state index in [0.717, 1.165) is 0 Å². The van der Waals surface area contributed by atoms with Crippen LogP contribution in [0.1, 0.15) is 0 Å². The molecule has 0 aliphatic rings. The zero-order valence-corrected chi connectivity index (χ0v) is 8.37. The molecule has 1 aromatic rings. The largest absolute Gasteiger partial charge is 0.489 e. The lowest BCUT2D eigenvalue weighted by molar-refractivity contribution is -0.384. The van der Waals surface area contributed by atoms with Crippen LogP contribution in [0.25, 0.3) is 0 Å². The summed E-state index contributed by atoms with van der Waals surface area (Å²) in [6.45, 7) is -0.550. The Kier molecular flexibility index (Phi) is 4.03. The molecular formula is C9H12N2O5. The zero-order valence-electron chi connectivity index (χ0n) is 8.37. The molecule has 88 valence electrons. The van der Waals surface area contributed by atoms with Crippen molar-refractivity contribution in [3.63, 3.8) is 0 Å². The Morgan fingerprint density at radius 3 is 2.75 bits per heavy atom. The molecule has 0 saturated heterocycles.